The lowest BCUT2D eigenvalue weighted by Gasteiger charge is -2.34. The zero-order valence-corrected chi connectivity index (χ0v) is 25.1. The number of fused-ring (bicyclic) bond motifs is 2. The highest BCUT2D eigenvalue weighted by Gasteiger charge is 2.49. The quantitative estimate of drug-likeness (QED) is 0.240. The lowest BCUT2D eigenvalue weighted by molar-refractivity contribution is -0.170. The fourth-order valence-corrected chi connectivity index (χ4v) is 6.00. The number of aromatic nitrogens is 2. The van der Waals surface area contributed by atoms with E-state index in [0.717, 1.165) is 44.0 Å². The van der Waals surface area contributed by atoms with E-state index in [1.165, 1.54) is 12.1 Å². The fraction of sp³-hybridized carbons (Fsp3) is 0.382. The van der Waals surface area contributed by atoms with E-state index in [9.17, 15) is 9.90 Å². The summed E-state index contributed by atoms with van der Waals surface area (Å²) in [5.74, 6) is -3.61. The van der Waals surface area contributed by atoms with Crippen molar-refractivity contribution >= 4 is 34.0 Å². The molecule has 0 unspecified atom stereocenters. The van der Waals surface area contributed by atoms with Gasteiger partial charge in [0.25, 0.3) is 0 Å². The lowest BCUT2D eigenvalue weighted by atomic mass is 9.85. The predicted octanol–water partition coefficient (Wildman–Crippen LogP) is 7.66. The molecule has 1 N–H and O–H groups in total. The van der Waals surface area contributed by atoms with Crippen LogP contribution in [-0.4, -0.2) is 33.6 Å². The summed E-state index contributed by atoms with van der Waals surface area (Å²) in [6.07, 6.45) is 1.90. The van der Waals surface area contributed by atoms with Gasteiger partial charge >= 0.3 is 5.92 Å². The first-order valence-electron chi connectivity index (χ1n) is 14.5. The Morgan fingerprint density at radius 3 is 2.35 bits per heavy atom. The van der Waals surface area contributed by atoms with Crippen molar-refractivity contribution in [1.29, 1.82) is 0 Å². The summed E-state index contributed by atoms with van der Waals surface area (Å²) in [6.45, 7) is 7.44. The summed E-state index contributed by atoms with van der Waals surface area (Å²) in [6, 6.07) is 16.2. The molecule has 43 heavy (non-hydrogen) atoms. The highest BCUT2D eigenvalue weighted by molar-refractivity contribution is 6.10. The second-order valence-corrected chi connectivity index (χ2v) is 12.8. The van der Waals surface area contributed by atoms with Gasteiger partial charge in [-0.15, -0.1) is 0 Å². The van der Waals surface area contributed by atoms with Gasteiger partial charge in [0.2, 0.25) is 5.91 Å². The normalized spacial score (nSPS) is 17.3. The molecule has 1 amide bonds. The maximum atomic E-state index is 16.1. The van der Waals surface area contributed by atoms with E-state index >= 15 is 13.2 Å². The number of anilines is 3. The molecule has 224 valence electrons. The van der Waals surface area contributed by atoms with Crippen molar-refractivity contribution in [1.82, 2.24) is 9.97 Å². The van der Waals surface area contributed by atoms with E-state index in [2.05, 4.69) is 0 Å². The average Bonchev–Trinajstić information content (AvgIpc) is 3.79. The van der Waals surface area contributed by atoms with Crippen molar-refractivity contribution < 1.29 is 23.1 Å². The van der Waals surface area contributed by atoms with Crippen molar-refractivity contribution in [3.63, 3.8) is 0 Å². The summed E-state index contributed by atoms with van der Waals surface area (Å²) in [5, 5.41) is 10.9. The van der Waals surface area contributed by atoms with Crippen LogP contribution in [0, 0.1) is 5.82 Å². The Morgan fingerprint density at radius 1 is 1.05 bits per heavy atom. The minimum atomic E-state index is -3.84. The van der Waals surface area contributed by atoms with Gasteiger partial charge in [0, 0.05) is 35.3 Å². The molecule has 1 aliphatic carbocycles. The van der Waals surface area contributed by atoms with Crippen molar-refractivity contribution in [2.24, 2.45) is 0 Å². The maximum Gasteiger partial charge on any atom is 0.303 e. The van der Waals surface area contributed by atoms with Crippen LogP contribution >= 0.6 is 0 Å². The van der Waals surface area contributed by atoms with E-state index in [1.54, 1.807) is 18.9 Å². The van der Waals surface area contributed by atoms with Gasteiger partial charge in [0.15, 0.2) is 0 Å². The predicted molar refractivity (Wildman–Crippen MR) is 162 cm³/mol. The third-order valence-electron chi connectivity index (χ3n) is 8.86. The molecule has 6 nitrogen and oxygen atoms in total. The highest BCUT2D eigenvalue weighted by atomic mass is 19.3. The molecule has 0 saturated heterocycles. The molecule has 6 rings (SSSR count). The molecule has 0 radical (unpaired) electrons. The van der Waals surface area contributed by atoms with Crippen LogP contribution in [0.4, 0.5) is 30.4 Å². The number of aliphatic hydroxyl groups is 1. The van der Waals surface area contributed by atoms with E-state index < -0.39 is 34.4 Å². The number of carbonyl (C=O) groups excluding carboxylic acids is 1. The second-order valence-electron chi connectivity index (χ2n) is 12.8. The summed E-state index contributed by atoms with van der Waals surface area (Å²) in [7, 11) is 1.75. The minimum absolute atomic E-state index is 0.0291. The van der Waals surface area contributed by atoms with Gasteiger partial charge in [-0.2, -0.15) is 8.78 Å². The van der Waals surface area contributed by atoms with E-state index in [1.807, 2.05) is 61.2 Å². The SMILES string of the molecule is C[C@H](c1cccc(C(F)(F)C(C)(C)O)c1F)N(c1ccccc1)c1nc(C2CC2)nc2cc3c(cc12)C(C)(C)C(=O)N3C. The Kier molecular flexibility index (Phi) is 6.62. The zero-order valence-electron chi connectivity index (χ0n) is 25.1. The number of alkyl halides is 2. The lowest BCUT2D eigenvalue weighted by Crippen LogP contribution is -2.41. The Balaban J connectivity index is 1.61. The van der Waals surface area contributed by atoms with E-state index in [4.69, 9.17) is 9.97 Å². The second kappa shape index (κ2) is 9.77. The zero-order chi connectivity index (χ0) is 31.1. The number of carbonyl (C=O) groups is 1. The molecular formula is C34H35F3N4O2. The number of benzene rings is 3. The molecule has 1 saturated carbocycles. The molecule has 9 heteroatoms. The third kappa shape index (κ3) is 4.56. The van der Waals surface area contributed by atoms with Crippen molar-refractivity contribution in [3.05, 3.63) is 89.0 Å². The molecule has 4 aromatic rings. The number of rotatable bonds is 7. The van der Waals surface area contributed by atoms with Crippen LogP contribution in [0.25, 0.3) is 10.9 Å². The summed E-state index contributed by atoms with van der Waals surface area (Å²) < 4.78 is 46.7. The number of likely N-dealkylation sites (N-methyl/N-ethyl adjacent to an activating group) is 1. The molecule has 1 fully saturated rings. The Hall–Kier alpha value is -3.98. The van der Waals surface area contributed by atoms with Gasteiger partial charge in [0.1, 0.15) is 23.1 Å². The van der Waals surface area contributed by atoms with Gasteiger partial charge < -0.3 is 14.9 Å². The monoisotopic (exact) mass is 588 g/mol. The summed E-state index contributed by atoms with van der Waals surface area (Å²) in [4.78, 5) is 26.6. The first-order chi connectivity index (χ1) is 20.1. The number of amides is 1. The number of para-hydroxylation sites is 1. The van der Waals surface area contributed by atoms with Gasteiger partial charge in [-0.05, 0) is 83.4 Å². The highest BCUT2D eigenvalue weighted by Crippen LogP contribution is 2.48. The van der Waals surface area contributed by atoms with Crippen molar-refractivity contribution in [2.45, 2.75) is 76.4 Å². The smallest absolute Gasteiger partial charge is 0.303 e. The van der Waals surface area contributed by atoms with Gasteiger partial charge in [-0.25, -0.2) is 14.4 Å². The number of hydrogen-bond donors (Lipinski definition) is 1. The number of hydrogen-bond acceptors (Lipinski definition) is 5. The molecule has 2 aliphatic rings. The van der Waals surface area contributed by atoms with Crippen LogP contribution in [0.5, 0.6) is 0 Å². The molecule has 1 aliphatic heterocycles. The molecule has 0 bridgehead atoms. The molecule has 3 aromatic carbocycles. The van der Waals surface area contributed by atoms with Crippen LogP contribution in [0.3, 0.4) is 0 Å². The molecule has 1 atom stereocenters. The van der Waals surface area contributed by atoms with Gasteiger partial charge in [0.05, 0.1) is 22.5 Å². The van der Waals surface area contributed by atoms with Crippen LogP contribution in [-0.2, 0) is 16.1 Å². The van der Waals surface area contributed by atoms with Crippen LogP contribution in [0.2, 0.25) is 0 Å². The Bertz CT molecular complexity index is 1750. The number of nitrogens with zero attached hydrogens (tertiary/aromatic N) is 4. The van der Waals surface area contributed by atoms with Crippen molar-refractivity contribution in [3.8, 4) is 0 Å². The Labute approximate surface area is 249 Å². The largest absolute Gasteiger partial charge is 0.384 e. The molecule has 1 aromatic heterocycles. The van der Waals surface area contributed by atoms with E-state index in [0.29, 0.717) is 28.2 Å². The van der Waals surface area contributed by atoms with Gasteiger partial charge in [-0.1, -0.05) is 30.3 Å². The fourth-order valence-electron chi connectivity index (χ4n) is 6.00. The minimum Gasteiger partial charge on any atom is -0.384 e. The Morgan fingerprint density at radius 2 is 1.72 bits per heavy atom. The van der Waals surface area contributed by atoms with Gasteiger partial charge in [-0.3, -0.25) is 4.79 Å². The standard InChI is InChI=1S/C34H35F3N4O2/c1-19(22-13-10-14-24(28(22)35)34(36,37)33(4,5)43)41(21-11-8-7-9-12-21)30-23-17-25-27(40(6)31(42)32(25,2)3)18-26(23)38-29(39-30)20-15-16-20/h7-14,17-20,43H,15-16H2,1-6H3/t19-/m1/s1. The summed E-state index contributed by atoms with van der Waals surface area (Å²) >= 11 is 0. The molecular weight excluding hydrogens is 553 g/mol. The number of halogens is 3. The van der Waals surface area contributed by atoms with E-state index in [-0.39, 0.29) is 17.4 Å². The first kappa shape index (κ1) is 29.1. The topological polar surface area (TPSA) is 69.6 Å². The summed E-state index contributed by atoms with van der Waals surface area (Å²) in [5.41, 5.74) is -1.16. The average molecular weight is 589 g/mol. The molecule has 2 heterocycles. The molecule has 0 spiro atoms. The van der Waals surface area contributed by atoms with Crippen LogP contribution < -0.4 is 9.80 Å². The first-order valence-corrected chi connectivity index (χ1v) is 14.5. The third-order valence-corrected chi connectivity index (χ3v) is 8.86. The maximum absolute atomic E-state index is 16.1. The van der Waals surface area contributed by atoms with Crippen molar-refractivity contribution in [2.75, 3.05) is 16.8 Å². The van der Waals surface area contributed by atoms with Crippen LogP contribution in [0.1, 0.15) is 81.9 Å². The van der Waals surface area contributed by atoms with Crippen LogP contribution in [0.15, 0.2) is 60.7 Å².